The van der Waals surface area contributed by atoms with Crippen LogP contribution in [0, 0.1) is 23.7 Å². The Kier molecular flexibility index (Phi) is 4.74. The molecule has 1 saturated carbocycles. The molecule has 128 valence electrons. The SMILES string of the molecule is CCCc1ccc([C@@H](C)NC(=O)[C@H]2[C@@H](C(=O)O)[C@H]3C=C[C@H]2C3)cc1. The molecule has 0 heterocycles. The van der Waals surface area contributed by atoms with E-state index in [1.807, 2.05) is 31.2 Å². The second kappa shape index (κ2) is 6.80. The summed E-state index contributed by atoms with van der Waals surface area (Å²) < 4.78 is 0. The first-order valence-corrected chi connectivity index (χ1v) is 8.81. The average molecular weight is 327 g/mol. The molecule has 0 saturated heterocycles. The topological polar surface area (TPSA) is 66.4 Å². The Hall–Kier alpha value is -2.10. The smallest absolute Gasteiger partial charge is 0.307 e. The van der Waals surface area contributed by atoms with E-state index < -0.39 is 17.8 Å². The molecule has 0 spiro atoms. The number of allylic oxidation sites excluding steroid dienone is 2. The lowest BCUT2D eigenvalue weighted by atomic mass is 9.82. The molecule has 24 heavy (non-hydrogen) atoms. The Morgan fingerprint density at radius 1 is 1.17 bits per heavy atom. The summed E-state index contributed by atoms with van der Waals surface area (Å²) in [6.07, 6.45) is 6.93. The molecule has 4 nitrogen and oxygen atoms in total. The number of rotatable bonds is 6. The van der Waals surface area contributed by atoms with Crippen molar-refractivity contribution in [1.29, 1.82) is 0 Å². The maximum absolute atomic E-state index is 12.7. The van der Waals surface area contributed by atoms with Crippen molar-refractivity contribution >= 4 is 11.9 Å². The number of carbonyl (C=O) groups excluding carboxylic acids is 1. The van der Waals surface area contributed by atoms with Crippen LogP contribution in [0.15, 0.2) is 36.4 Å². The van der Waals surface area contributed by atoms with Gasteiger partial charge in [-0.2, -0.15) is 0 Å². The van der Waals surface area contributed by atoms with E-state index in [-0.39, 0.29) is 23.8 Å². The molecule has 0 aromatic heterocycles. The summed E-state index contributed by atoms with van der Waals surface area (Å²) in [6.45, 7) is 4.10. The van der Waals surface area contributed by atoms with Crippen LogP contribution in [-0.2, 0) is 16.0 Å². The van der Waals surface area contributed by atoms with Crippen LogP contribution in [0.1, 0.15) is 43.9 Å². The Labute approximate surface area is 143 Å². The number of nitrogens with one attached hydrogen (secondary N) is 1. The van der Waals surface area contributed by atoms with Crippen LogP contribution in [0.5, 0.6) is 0 Å². The fraction of sp³-hybridized carbons (Fsp3) is 0.500. The molecule has 2 aliphatic carbocycles. The van der Waals surface area contributed by atoms with Gasteiger partial charge < -0.3 is 10.4 Å². The summed E-state index contributed by atoms with van der Waals surface area (Å²) in [7, 11) is 0. The summed E-state index contributed by atoms with van der Waals surface area (Å²) >= 11 is 0. The van der Waals surface area contributed by atoms with Crippen molar-refractivity contribution in [2.45, 2.75) is 39.2 Å². The first-order valence-electron chi connectivity index (χ1n) is 8.81. The van der Waals surface area contributed by atoms with Crippen LogP contribution >= 0.6 is 0 Å². The van der Waals surface area contributed by atoms with Gasteiger partial charge in [0.1, 0.15) is 0 Å². The van der Waals surface area contributed by atoms with Crippen LogP contribution in [0.25, 0.3) is 0 Å². The third-order valence-corrected chi connectivity index (χ3v) is 5.42. The normalized spacial score (nSPS) is 28.8. The van der Waals surface area contributed by atoms with Gasteiger partial charge in [0.05, 0.1) is 17.9 Å². The van der Waals surface area contributed by atoms with E-state index in [0.717, 1.165) is 24.8 Å². The Bertz CT molecular complexity index is 649. The quantitative estimate of drug-likeness (QED) is 0.788. The zero-order valence-corrected chi connectivity index (χ0v) is 14.2. The number of fused-ring (bicyclic) bond motifs is 2. The van der Waals surface area contributed by atoms with E-state index in [4.69, 9.17) is 0 Å². The molecule has 1 fully saturated rings. The number of hydrogen-bond acceptors (Lipinski definition) is 2. The standard InChI is InChI=1S/C20H25NO3/c1-3-4-13-5-7-14(8-6-13)12(2)21-19(22)17-15-9-10-16(11-15)18(17)20(23)24/h5-10,12,15-18H,3-4,11H2,1-2H3,(H,21,22)(H,23,24)/t12-,15+,16+,17-,18+/m1/s1. The number of aryl methyl sites for hydroxylation is 1. The number of carbonyl (C=O) groups is 2. The molecule has 0 aliphatic heterocycles. The third-order valence-electron chi connectivity index (χ3n) is 5.42. The van der Waals surface area contributed by atoms with Gasteiger partial charge in [0.25, 0.3) is 0 Å². The molecule has 2 N–H and O–H groups in total. The lowest BCUT2D eigenvalue weighted by molar-refractivity contribution is -0.148. The van der Waals surface area contributed by atoms with Crippen molar-refractivity contribution in [3.8, 4) is 0 Å². The lowest BCUT2D eigenvalue weighted by Gasteiger charge is -2.26. The van der Waals surface area contributed by atoms with Crippen LogP contribution in [0.2, 0.25) is 0 Å². The molecule has 2 bridgehead atoms. The molecular weight excluding hydrogens is 302 g/mol. The van der Waals surface area contributed by atoms with Crippen molar-refractivity contribution < 1.29 is 14.7 Å². The van der Waals surface area contributed by atoms with Gasteiger partial charge in [-0.05, 0) is 42.7 Å². The molecule has 4 heteroatoms. The van der Waals surface area contributed by atoms with E-state index in [1.165, 1.54) is 5.56 Å². The summed E-state index contributed by atoms with van der Waals surface area (Å²) in [5, 5.41) is 12.5. The molecule has 2 aliphatic rings. The predicted octanol–water partition coefficient (Wildman–Crippen LogP) is 3.34. The highest BCUT2D eigenvalue weighted by atomic mass is 16.4. The van der Waals surface area contributed by atoms with Gasteiger partial charge in [0.2, 0.25) is 5.91 Å². The van der Waals surface area contributed by atoms with Gasteiger partial charge in [0, 0.05) is 0 Å². The number of benzene rings is 1. The maximum atomic E-state index is 12.7. The van der Waals surface area contributed by atoms with Gasteiger partial charge in [-0.3, -0.25) is 9.59 Å². The van der Waals surface area contributed by atoms with E-state index >= 15 is 0 Å². The molecule has 0 unspecified atom stereocenters. The number of carboxylic acids is 1. The molecule has 1 amide bonds. The van der Waals surface area contributed by atoms with Crippen LogP contribution in [-0.4, -0.2) is 17.0 Å². The fourth-order valence-electron chi connectivity index (χ4n) is 4.17. The van der Waals surface area contributed by atoms with Crippen LogP contribution in [0.4, 0.5) is 0 Å². The summed E-state index contributed by atoms with van der Waals surface area (Å²) in [5.74, 6) is -1.95. The highest BCUT2D eigenvalue weighted by Crippen LogP contribution is 2.48. The van der Waals surface area contributed by atoms with Crippen molar-refractivity contribution in [2.24, 2.45) is 23.7 Å². The zero-order chi connectivity index (χ0) is 17.3. The number of carboxylic acid groups (broad SMARTS) is 1. The van der Waals surface area contributed by atoms with Gasteiger partial charge in [0.15, 0.2) is 0 Å². The Morgan fingerprint density at radius 3 is 2.38 bits per heavy atom. The Morgan fingerprint density at radius 2 is 1.79 bits per heavy atom. The number of hydrogen-bond donors (Lipinski definition) is 2. The van der Waals surface area contributed by atoms with Crippen LogP contribution in [0.3, 0.4) is 0 Å². The van der Waals surface area contributed by atoms with Crippen molar-refractivity contribution in [2.75, 3.05) is 0 Å². The second-order valence-corrected chi connectivity index (χ2v) is 7.06. The summed E-state index contributed by atoms with van der Waals surface area (Å²) in [5.41, 5.74) is 2.35. The van der Waals surface area contributed by atoms with Gasteiger partial charge in [-0.25, -0.2) is 0 Å². The monoisotopic (exact) mass is 327 g/mol. The van der Waals surface area contributed by atoms with E-state index in [2.05, 4.69) is 24.4 Å². The average Bonchev–Trinajstić information content (AvgIpc) is 3.16. The molecule has 3 rings (SSSR count). The minimum absolute atomic E-state index is 0.00637. The minimum atomic E-state index is -0.858. The predicted molar refractivity (Wildman–Crippen MR) is 92.3 cm³/mol. The molecule has 5 atom stereocenters. The highest BCUT2D eigenvalue weighted by molar-refractivity contribution is 5.87. The first-order chi connectivity index (χ1) is 11.5. The molecule has 1 aromatic carbocycles. The lowest BCUT2D eigenvalue weighted by Crippen LogP contribution is -2.41. The van der Waals surface area contributed by atoms with E-state index in [9.17, 15) is 14.7 Å². The maximum Gasteiger partial charge on any atom is 0.307 e. The summed E-state index contributed by atoms with van der Waals surface area (Å²) in [4.78, 5) is 24.2. The first kappa shape index (κ1) is 16.7. The third kappa shape index (κ3) is 3.10. The van der Waals surface area contributed by atoms with Crippen molar-refractivity contribution in [3.63, 3.8) is 0 Å². The van der Waals surface area contributed by atoms with Gasteiger partial charge >= 0.3 is 5.97 Å². The van der Waals surface area contributed by atoms with Crippen LogP contribution < -0.4 is 5.32 Å². The number of aliphatic carboxylic acids is 1. The number of amides is 1. The van der Waals surface area contributed by atoms with Gasteiger partial charge in [-0.15, -0.1) is 0 Å². The van der Waals surface area contributed by atoms with Crippen molar-refractivity contribution in [3.05, 3.63) is 47.5 Å². The largest absolute Gasteiger partial charge is 0.481 e. The summed E-state index contributed by atoms with van der Waals surface area (Å²) in [6, 6.07) is 8.17. The van der Waals surface area contributed by atoms with E-state index in [0.29, 0.717) is 0 Å². The fourth-order valence-corrected chi connectivity index (χ4v) is 4.17. The second-order valence-electron chi connectivity index (χ2n) is 7.06. The van der Waals surface area contributed by atoms with E-state index in [1.54, 1.807) is 0 Å². The van der Waals surface area contributed by atoms with Crippen molar-refractivity contribution in [1.82, 2.24) is 5.32 Å². The molecule has 0 radical (unpaired) electrons. The molecule has 1 aromatic rings. The Balaban J connectivity index is 1.67. The zero-order valence-electron chi connectivity index (χ0n) is 14.2. The minimum Gasteiger partial charge on any atom is -0.481 e. The van der Waals surface area contributed by atoms with Gasteiger partial charge in [-0.1, -0.05) is 49.8 Å². The highest BCUT2D eigenvalue weighted by Gasteiger charge is 2.51. The molecular formula is C20H25NO3.